The van der Waals surface area contributed by atoms with E-state index in [0.717, 1.165) is 22.2 Å². The van der Waals surface area contributed by atoms with Crippen molar-refractivity contribution in [3.8, 4) is 5.75 Å². The molecular formula is C20H19N5O3S. The lowest BCUT2D eigenvalue weighted by molar-refractivity contribution is -0.384. The number of nitrogens with zero attached hydrogens (tertiary/aromatic N) is 5. The van der Waals surface area contributed by atoms with E-state index in [4.69, 9.17) is 9.84 Å². The van der Waals surface area contributed by atoms with Gasteiger partial charge in [0.25, 0.3) is 5.69 Å². The van der Waals surface area contributed by atoms with Crippen molar-refractivity contribution < 1.29 is 9.66 Å². The molecule has 9 heteroatoms. The monoisotopic (exact) mass is 409 g/mol. The van der Waals surface area contributed by atoms with E-state index in [1.54, 1.807) is 28.6 Å². The van der Waals surface area contributed by atoms with E-state index in [-0.39, 0.29) is 12.3 Å². The Bertz CT molecular complexity index is 1060. The van der Waals surface area contributed by atoms with Crippen LogP contribution in [0.25, 0.3) is 0 Å². The second-order valence-corrected chi connectivity index (χ2v) is 7.80. The fraction of sp³-hybridized carbons (Fsp3) is 0.250. The average Bonchev–Trinajstić information content (AvgIpc) is 3.15. The highest BCUT2D eigenvalue weighted by atomic mass is 32.2. The number of hydrogen-bond acceptors (Lipinski definition) is 7. The smallest absolute Gasteiger partial charge is 0.269 e. The Morgan fingerprint density at radius 1 is 1.14 bits per heavy atom. The van der Waals surface area contributed by atoms with Gasteiger partial charge in [-0.3, -0.25) is 10.1 Å². The molecule has 2 heterocycles. The van der Waals surface area contributed by atoms with Crippen LogP contribution in [0.15, 0.2) is 58.8 Å². The van der Waals surface area contributed by atoms with E-state index < -0.39 is 4.92 Å². The molecule has 1 aliphatic heterocycles. The number of ether oxygens (including phenoxy) is 1. The van der Waals surface area contributed by atoms with Crippen LogP contribution in [0.5, 0.6) is 5.75 Å². The Morgan fingerprint density at radius 3 is 2.52 bits per heavy atom. The molecular weight excluding hydrogens is 390 g/mol. The van der Waals surface area contributed by atoms with Crippen molar-refractivity contribution in [2.75, 3.05) is 5.75 Å². The van der Waals surface area contributed by atoms with Gasteiger partial charge in [-0.1, -0.05) is 49.9 Å². The molecule has 1 aliphatic rings. The maximum atomic E-state index is 10.7. The number of hydrogen-bond donors (Lipinski definition) is 0. The van der Waals surface area contributed by atoms with E-state index in [0.29, 0.717) is 17.5 Å². The maximum Gasteiger partial charge on any atom is 0.269 e. The first-order chi connectivity index (χ1) is 14.0. The third kappa shape index (κ3) is 4.14. The van der Waals surface area contributed by atoms with Crippen LogP contribution in [-0.4, -0.2) is 31.3 Å². The van der Waals surface area contributed by atoms with Crippen molar-refractivity contribution in [1.82, 2.24) is 14.9 Å². The molecule has 0 aliphatic carbocycles. The summed E-state index contributed by atoms with van der Waals surface area (Å²) < 4.78 is 7.41. The third-order valence-electron chi connectivity index (χ3n) is 4.56. The van der Waals surface area contributed by atoms with Gasteiger partial charge < -0.3 is 4.74 Å². The first-order valence-electron chi connectivity index (χ1n) is 9.14. The first kappa shape index (κ1) is 19.1. The number of benzene rings is 2. The maximum absolute atomic E-state index is 10.7. The van der Waals surface area contributed by atoms with Gasteiger partial charge in [0.2, 0.25) is 5.16 Å². The summed E-state index contributed by atoms with van der Waals surface area (Å²) in [6, 6.07) is 14.4. The fourth-order valence-corrected chi connectivity index (χ4v) is 3.73. The minimum absolute atomic E-state index is 0.0198. The van der Waals surface area contributed by atoms with Gasteiger partial charge in [0.15, 0.2) is 5.82 Å². The fourth-order valence-electron chi connectivity index (χ4n) is 2.87. The normalized spacial score (nSPS) is 13.1. The molecule has 0 N–H and O–H groups in total. The predicted octanol–water partition coefficient (Wildman–Crippen LogP) is 4.25. The van der Waals surface area contributed by atoms with Crippen LogP contribution < -0.4 is 4.74 Å². The van der Waals surface area contributed by atoms with Gasteiger partial charge in [0, 0.05) is 17.9 Å². The molecule has 3 aromatic rings. The first-order valence-corrected chi connectivity index (χ1v) is 10.1. The summed E-state index contributed by atoms with van der Waals surface area (Å²) in [5.74, 6) is 2.30. The topological polar surface area (TPSA) is 95.4 Å². The van der Waals surface area contributed by atoms with Crippen LogP contribution in [0.1, 0.15) is 36.7 Å². The molecule has 0 bridgehead atoms. The van der Waals surface area contributed by atoms with Crippen molar-refractivity contribution in [3.05, 3.63) is 75.6 Å². The summed E-state index contributed by atoms with van der Waals surface area (Å²) in [5.41, 5.74) is 3.34. The van der Waals surface area contributed by atoms with Gasteiger partial charge in [-0.2, -0.15) is 9.78 Å². The molecule has 0 radical (unpaired) electrons. The summed E-state index contributed by atoms with van der Waals surface area (Å²) in [6.07, 6.45) is 0. The van der Waals surface area contributed by atoms with Gasteiger partial charge in [-0.05, 0) is 29.2 Å². The van der Waals surface area contributed by atoms with Crippen molar-refractivity contribution in [2.45, 2.75) is 31.5 Å². The van der Waals surface area contributed by atoms with Gasteiger partial charge in [-0.25, -0.2) is 0 Å². The Hall–Kier alpha value is -3.20. The molecule has 0 saturated carbocycles. The Kier molecular flexibility index (Phi) is 5.30. The van der Waals surface area contributed by atoms with Gasteiger partial charge in [0.1, 0.15) is 12.4 Å². The number of aromatic nitrogens is 3. The molecule has 0 amide bonds. The highest BCUT2D eigenvalue weighted by Crippen LogP contribution is 2.26. The number of fused-ring (bicyclic) bond motifs is 1. The standard InChI is InChI=1S/C20H19N5O3S/c1-13(2)14-3-5-15(6-4-14)18-12-29-20-22-21-19(24(20)23-18)11-28-17-9-7-16(8-10-17)25(26)27/h3-10,13H,11-12H2,1-2H3. The van der Waals surface area contributed by atoms with Crippen molar-refractivity contribution in [2.24, 2.45) is 5.10 Å². The Labute approximate surface area is 171 Å². The summed E-state index contributed by atoms with van der Waals surface area (Å²) in [5, 5.41) is 24.5. The average molecular weight is 409 g/mol. The quantitative estimate of drug-likeness (QED) is 0.446. The van der Waals surface area contributed by atoms with Gasteiger partial charge >= 0.3 is 0 Å². The van der Waals surface area contributed by atoms with Crippen molar-refractivity contribution >= 4 is 23.2 Å². The molecule has 2 aromatic carbocycles. The zero-order valence-electron chi connectivity index (χ0n) is 16.0. The highest BCUT2D eigenvalue weighted by Gasteiger charge is 2.20. The molecule has 0 fully saturated rings. The summed E-state index contributed by atoms with van der Waals surface area (Å²) in [4.78, 5) is 10.3. The lowest BCUT2D eigenvalue weighted by atomic mass is 10.0. The van der Waals surface area contributed by atoms with Crippen LogP contribution >= 0.6 is 11.8 Å². The predicted molar refractivity (Wildman–Crippen MR) is 111 cm³/mol. The molecule has 4 rings (SSSR count). The number of rotatable bonds is 6. The molecule has 0 spiro atoms. The summed E-state index contributed by atoms with van der Waals surface area (Å²) in [6.45, 7) is 4.50. The molecule has 148 valence electrons. The zero-order valence-corrected chi connectivity index (χ0v) is 16.8. The van der Waals surface area contributed by atoms with E-state index in [1.165, 1.54) is 17.7 Å². The Balaban J connectivity index is 1.51. The number of nitro groups is 1. The summed E-state index contributed by atoms with van der Waals surface area (Å²) in [7, 11) is 0. The zero-order chi connectivity index (χ0) is 20.4. The van der Waals surface area contributed by atoms with Crippen molar-refractivity contribution in [1.29, 1.82) is 0 Å². The molecule has 0 atom stereocenters. The molecule has 0 saturated heterocycles. The van der Waals surface area contributed by atoms with Crippen LogP contribution in [0, 0.1) is 10.1 Å². The minimum atomic E-state index is -0.445. The molecule has 0 unspecified atom stereocenters. The van der Waals surface area contributed by atoms with E-state index in [9.17, 15) is 10.1 Å². The highest BCUT2D eigenvalue weighted by molar-refractivity contribution is 7.99. The van der Waals surface area contributed by atoms with Crippen LogP contribution in [0.3, 0.4) is 0 Å². The van der Waals surface area contributed by atoms with Crippen LogP contribution in [0.4, 0.5) is 5.69 Å². The van der Waals surface area contributed by atoms with E-state index in [2.05, 4.69) is 48.3 Å². The van der Waals surface area contributed by atoms with Crippen molar-refractivity contribution in [3.63, 3.8) is 0 Å². The largest absolute Gasteiger partial charge is 0.486 e. The second-order valence-electron chi connectivity index (χ2n) is 6.86. The van der Waals surface area contributed by atoms with Crippen LogP contribution in [0.2, 0.25) is 0 Å². The minimum Gasteiger partial charge on any atom is -0.486 e. The molecule has 1 aromatic heterocycles. The van der Waals surface area contributed by atoms with Crippen LogP contribution in [-0.2, 0) is 6.61 Å². The third-order valence-corrected chi connectivity index (χ3v) is 5.49. The SMILES string of the molecule is CC(C)c1ccc(C2=Nn3c(COc4ccc([N+](=O)[O-])cc4)nnc3SC2)cc1. The second kappa shape index (κ2) is 8.04. The lowest BCUT2D eigenvalue weighted by Crippen LogP contribution is -2.15. The number of thioether (sulfide) groups is 1. The van der Waals surface area contributed by atoms with Gasteiger partial charge in [0.05, 0.1) is 10.6 Å². The van der Waals surface area contributed by atoms with Gasteiger partial charge in [-0.15, -0.1) is 10.2 Å². The lowest BCUT2D eigenvalue weighted by Gasteiger charge is -2.15. The molecule has 29 heavy (non-hydrogen) atoms. The number of nitro benzene ring substituents is 1. The van der Waals surface area contributed by atoms with E-state index in [1.807, 2.05) is 0 Å². The Morgan fingerprint density at radius 2 is 1.86 bits per heavy atom. The molecule has 8 nitrogen and oxygen atoms in total. The number of non-ortho nitro benzene ring substituents is 1. The summed E-state index contributed by atoms with van der Waals surface area (Å²) >= 11 is 1.58. The van der Waals surface area contributed by atoms with E-state index >= 15 is 0 Å².